The van der Waals surface area contributed by atoms with E-state index in [4.69, 9.17) is 0 Å². The Morgan fingerprint density at radius 1 is 1.00 bits per heavy atom. The van der Waals surface area contributed by atoms with Crippen LogP contribution in [0.4, 0.5) is 0 Å². The van der Waals surface area contributed by atoms with E-state index < -0.39 is 0 Å². The lowest BCUT2D eigenvalue weighted by atomic mass is 9.47. The predicted octanol–water partition coefficient (Wildman–Crippen LogP) is 6.36. The van der Waals surface area contributed by atoms with Crippen LogP contribution in [0.1, 0.15) is 98.8 Å². The highest BCUT2D eigenvalue weighted by Gasteiger charge is 2.59. The van der Waals surface area contributed by atoms with E-state index in [1.165, 1.54) is 38.5 Å². The van der Waals surface area contributed by atoms with Crippen molar-refractivity contribution < 1.29 is 10.2 Å². The van der Waals surface area contributed by atoms with Gasteiger partial charge in [0.25, 0.3) is 0 Å². The summed E-state index contributed by atoms with van der Waals surface area (Å²) in [4.78, 5) is 0. The van der Waals surface area contributed by atoms with E-state index in [0.29, 0.717) is 28.6 Å². The lowest BCUT2D eigenvalue weighted by molar-refractivity contribution is -0.0681. The Labute approximate surface area is 179 Å². The summed E-state index contributed by atoms with van der Waals surface area (Å²) >= 11 is 0. The molecule has 166 valence electrons. The number of aliphatic hydroxyl groups is 2. The largest absolute Gasteiger partial charge is 0.393 e. The molecule has 0 aromatic rings. The van der Waals surface area contributed by atoms with E-state index >= 15 is 0 Å². The topological polar surface area (TPSA) is 40.5 Å². The second-order valence-electron chi connectivity index (χ2n) is 12.3. The molecular weight excluding hydrogens is 356 g/mol. The Balaban J connectivity index is 1.51. The first-order valence-corrected chi connectivity index (χ1v) is 12.7. The fourth-order valence-corrected chi connectivity index (χ4v) is 8.58. The summed E-state index contributed by atoms with van der Waals surface area (Å²) in [7, 11) is 0. The summed E-state index contributed by atoms with van der Waals surface area (Å²) in [6.45, 7) is 12.0. The first kappa shape index (κ1) is 21.9. The monoisotopic (exact) mass is 402 g/mol. The van der Waals surface area contributed by atoms with Crippen molar-refractivity contribution in [1.29, 1.82) is 0 Å². The minimum absolute atomic E-state index is 0.108. The molecule has 0 spiro atoms. The van der Waals surface area contributed by atoms with Crippen LogP contribution in [0.25, 0.3) is 0 Å². The maximum absolute atomic E-state index is 11.0. The highest BCUT2D eigenvalue weighted by atomic mass is 16.3. The van der Waals surface area contributed by atoms with Gasteiger partial charge in [-0.2, -0.15) is 0 Å². The van der Waals surface area contributed by atoms with Gasteiger partial charge in [-0.25, -0.2) is 0 Å². The van der Waals surface area contributed by atoms with Gasteiger partial charge >= 0.3 is 0 Å². The third kappa shape index (κ3) is 3.65. The van der Waals surface area contributed by atoms with Crippen LogP contribution in [0.15, 0.2) is 11.6 Å². The van der Waals surface area contributed by atoms with Crippen molar-refractivity contribution in [3.8, 4) is 0 Å². The molecule has 0 radical (unpaired) electrons. The van der Waals surface area contributed by atoms with Gasteiger partial charge in [0.05, 0.1) is 12.2 Å². The summed E-state index contributed by atoms with van der Waals surface area (Å²) in [5.41, 5.74) is 2.33. The van der Waals surface area contributed by atoms with Crippen molar-refractivity contribution in [3.05, 3.63) is 11.6 Å². The van der Waals surface area contributed by atoms with Crippen LogP contribution in [0, 0.1) is 46.3 Å². The number of hydrogen-bond donors (Lipinski definition) is 2. The van der Waals surface area contributed by atoms with Gasteiger partial charge in [-0.05, 0) is 111 Å². The molecular formula is C27H46O2. The Morgan fingerprint density at radius 3 is 2.48 bits per heavy atom. The number of hydrogen-bond acceptors (Lipinski definition) is 2. The van der Waals surface area contributed by atoms with Crippen molar-refractivity contribution in [1.82, 2.24) is 0 Å². The summed E-state index contributed by atoms with van der Waals surface area (Å²) in [6, 6.07) is 0. The van der Waals surface area contributed by atoms with Crippen LogP contribution in [-0.4, -0.2) is 22.4 Å². The minimum Gasteiger partial charge on any atom is -0.393 e. The lowest BCUT2D eigenvalue weighted by Gasteiger charge is -2.58. The van der Waals surface area contributed by atoms with Crippen LogP contribution in [0.3, 0.4) is 0 Å². The zero-order chi connectivity index (χ0) is 21.0. The van der Waals surface area contributed by atoms with Gasteiger partial charge in [-0.15, -0.1) is 0 Å². The van der Waals surface area contributed by atoms with E-state index in [-0.39, 0.29) is 12.2 Å². The zero-order valence-electron chi connectivity index (χ0n) is 19.7. The first-order chi connectivity index (χ1) is 13.7. The van der Waals surface area contributed by atoms with Crippen molar-refractivity contribution in [3.63, 3.8) is 0 Å². The van der Waals surface area contributed by atoms with Crippen molar-refractivity contribution >= 4 is 0 Å². The minimum atomic E-state index is -0.133. The normalized spacial score (nSPS) is 46.5. The van der Waals surface area contributed by atoms with Gasteiger partial charge in [0.1, 0.15) is 0 Å². The SMILES string of the molecule is CC(C)CC[C@@H](O)C(C)[C@H]1CCC2C3CC=C4C[C@@H](O)CC[C@]4(C)C3CC[C@@]21C. The Bertz CT molecular complexity index is 624. The molecule has 2 N–H and O–H groups in total. The van der Waals surface area contributed by atoms with E-state index in [1.807, 2.05) is 0 Å². The maximum atomic E-state index is 11.0. The van der Waals surface area contributed by atoms with Crippen molar-refractivity contribution in [2.24, 2.45) is 46.3 Å². The maximum Gasteiger partial charge on any atom is 0.0577 e. The van der Waals surface area contributed by atoms with Gasteiger partial charge in [0, 0.05) is 0 Å². The van der Waals surface area contributed by atoms with Crippen LogP contribution >= 0.6 is 0 Å². The van der Waals surface area contributed by atoms with Gasteiger partial charge < -0.3 is 10.2 Å². The van der Waals surface area contributed by atoms with Gasteiger partial charge in [0.15, 0.2) is 0 Å². The number of fused-ring (bicyclic) bond motifs is 5. The summed E-state index contributed by atoms with van der Waals surface area (Å²) in [5, 5.41) is 21.2. The third-order valence-corrected chi connectivity index (χ3v) is 10.4. The average molecular weight is 403 g/mol. The molecule has 2 heteroatoms. The standard InChI is InChI=1S/C27H46O2/c1-17(2)6-11-25(29)18(3)22-9-10-23-21-8-7-19-16-20(28)12-14-26(19,4)24(21)13-15-27(22,23)5/h7,17-18,20-25,28-29H,6,8-16H2,1-5H3/t18?,20-,21?,22+,23?,24?,25+,26-,27+/m0/s1. The summed E-state index contributed by atoms with van der Waals surface area (Å²) in [5.74, 6) is 4.25. The molecule has 0 amide bonds. The number of allylic oxidation sites excluding steroid dienone is 1. The van der Waals surface area contributed by atoms with Crippen LogP contribution in [0.5, 0.6) is 0 Å². The lowest BCUT2D eigenvalue weighted by Crippen LogP contribution is -2.51. The smallest absolute Gasteiger partial charge is 0.0577 e. The van der Waals surface area contributed by atoms with Gasteiger partial charge in [0.2, 0.25) is 0 Å². The van der Waals surface area contributed by atoms with E-state index in [2.05, 4.69) is 40.7 Å². The second kappa shape index (κ2) is 7.97. The molecule has 3 fully saturated rings. The molecule has 0 heterocycles. The molecule has 0 aromatic heterocycles. The summed E-state index contributed by atoms with van der Waals surface area (Å²) in [6.07, 6.45) is 14.1. The van der Waals surface area contributed by atoms with Crippen LogP contribution < -0.4 is 0 Å². The molecule has 4 aliphatic rings. The van der Waals surface area contributed by atoms with Crippen molar-refractivity contribution in [2.45, 2.75) is 111 Å². The first-order valence-electron chi connectivity index (χ1n) is 12.7. The van der Waals surface area contributed by atoms with E-state index in [1.54, 1.807) is 5.57 Å². The van der Waals surface area contributed by atoms with Gasteiger partial charge in [-0.1, -0.05) is 46.3 Å². The molecule has 3 saturated carbocycles. The molecule has 4 rings (SSSR count). The molecule has 4 unspecified atom stereocenters. The van der Waals surface area contributed by atoms with Crippen molar-refractivity contribution in [2.75, 3.05) is 0 Å². The number of aliphatic hydroxyl groups excluding tert-OH is 2. The third-order valence-electron chi connectivity index (χ3n) is 10.4. The van der Waals surface area contributed by atoms with E-state index in [0.717, 1.165) is 43.4 Å². The predicted molar refractivity (Wildman–Crippen MR) is 120 cm³/mol. The second-order valence-corrected chi connectivity index (χ2v) is 12.3. The molecule has 0 saturated heterocycles. The molecule has 0 aromatic carbocycles. The van der Waals surface area contributed by atoms with Gasteiger partial charge in [-0.3, -0.25) is 0 Å². The fourth-order valence-electron chi connectivity index (χ4n) is 8.58. The van der Waals surface area contributed by atoms with Crippen LogP contribution in [-0.2, 0) is 0 Å². The number of rotatable bonds is 5. The Morgan fingerprint density at radius 2 is 1.76 bits per heavy atom. The zero-order valence-corrected chi connectivity index (χ0v) is 19.7. The average Bonchev–Trinajstić information content (AvgIpc) is 3.03. The highest BCUT2D eigenvalue weighted by molar-refractivity contribution is 5.25. The highest BCUT2D eigenvalue weighted by Crippen LogP contribution is 2.67. The molecule has 4 aliphatic carbocycles. The molecule has 9 atom stereocenters. The molecule has 29 heavy (non-hydrogen) atoms. The molecule has 2 nitrogen and oxygen atoms in total. The fraction of sp³-hybridized carbons (Fsp3) is 0.926. The summed E-state index contributed by atoms with van der Waals surface area (Å²) < 4.78 is 0. The Hall–Kier alpha value is -0.340. The Kier molecular flexibility index (Phi) is 6.01. The quantitative estimate of drug-likeness (QED) is 0.525. The van der Waals surface area contributed by atoms with Crippen LogP contribution in [0.2, 0.25) is 0 Å². The molecule has 0 bridgehead atoms. The molecule has 0 aliphatic heterocycles. The van der Waals surface area contributed by atoms with E-state index in [9.17, 15) is 10.2 Å².